The van der Waals surface area contributed by atoms with Gasteiger partial charge in [-0.05, 0) is 59.2 Å². The molecular weight excluding hydrogens is 472 g/mol. The van der Waals surface area contributed by atoms with Gasteiger partial charge in [0.2, 0.25) is 6.10 Å². The molecule has 10 heteroatoms. The summed E-state index contributed by atoms with van der Waals surface area (Å²) in [5, 5.41) is 67.5. The van der Waals surface area contributed by atoms with E-state index in [0.29, 0.717) is 11.1 Å². The minimum Gasteiger partial charge on any atom is -0.504 e. The minimum atomic E-state index is -1.58. The Morgan fingerprint density at radius 3 is 2.03 bits per heavy atom. The summed E-state index contributed by atoms with van der Waals surface area (Å²) in [6.45, 7) is 0. The SMILES string of the molecule is O=C(/C=C/c1ccc(O)c(O)c1/C=C\c1ccc(O)c(O)c1)O[C@H](Cc1ccc(O)c(O)c1)C(=O)O. The molecule has 0 aliphatic heterocycles. The van der Waals surface area contributed by atoms with E-state index in [1.54, 1.807) is 0 Å². The van der Waals surface area contributed by atoms with Crippen LogP contribution in [-0.4, -0.2) is 53.8 Å². The molecule has 36 heavy (non-hydrogen) atoms. The first-order valence-electron chi connectivity index (χ1n) is 10.4. The van der Waals surface area contributed by atoms with E-state index in [1.165, 1.54) is 60.7 Å². The Bertz CT molecular complexity index is 1360. The molecule has 3 rings (SSSR count). The number of aromatic hydroxyl groups is 6. The Kier molecular flexibility index (Phi) is 7.70. The van der Waals surface area contributed by atoms with Crippen molar-refractivity contribution in [3.8, 4) is 34.5 Å². The molecule has 1 atom stereocenters. The van der Waals surface area contributed by atoms with Gasteiger partial charge in [0.15, 0.2) is 34.5 Å². The van der Waals surface area contributed by atoms with Crippen molar-refractivity contribution in [3.05, 3.63) is 76.9 Å². The molecule has 0 heterocycles. The first-order valence-corrected chi connectivity index (χ1v) is 10.4. The van der Waals surface area contributed by atoms with Crippen molar-refractivity contribution in [3.63, 3.8) is 0 Å². The predicted molar refractivity (Wildman–Crippen MR) is 128 cm³/mol. The Balaban J connectivity index is 1.79. The van der Waals surface area contributed by atoms with Gasteiger partial charge in [-0.3, -0.25) is 0 Å². The number of hydrogen-bond donors (Lipinski definition) is 7. The third-order valence-corrected chi connectivity index (χ3v) is 5.07. The highest BCUT2D eigenvalue weighted by molar-refractivity contribution is 5.91. The zero-order valence-electron chi connectivity index (χ0n) is 18.6. The summed E-state index contributed by atoms with van der Waals surface area (Å²) in [4.78, 5) is 23.9. The van der Waals surface area contributed by atoms with Gasteiger partial charge in [-0.1, -0.05) is 24.3 Å². The zero-order chi connectivity index (χ0) is 26.4. The third kappa shape index (κ3) is 6.26. The topological polar surface area (TPSA) is 185 Å². The number of carboxylic acid groups (broad SMARTS) is 1. The van der Waals surface area contributed by atoms with Crippen molar-refractivity contribution in [2.45, 2.75) is 12.5 Å². The van der Waals surface area contributed by atoms with E-state index in [1.807, 2.05) is 0 Å². The molecule has 0 saturated carbocycles. The fourth-order valence-corrected chi connectivity index (χ4v) is 3.18. The van der Waals surface area contributed by atoms with Crippen LogP contribution in [0.1, 0.15) is 22.3 Å². The molecule has 0 radical (unpaired) electrons. The zero-order valence-corrected chi connectivity index (χ0v) is 18.6. The molecule has 0 amide bonds. The van der Waals surface area contributed by atoms with E-state index >= 15 is 0 Å². The summed E-state index contributed by atoms with van der Waals surface area (Å²) in [5.74, 6) is -4.82. The van der Waals surface area contributed by atoms with Gasteiger partial charge in [0.05, 0.1) is 0 Å². The minimum absolute atomic E-state index is 0.112. The van der Waals surface area contributed by atoms with E-state index in [4.69, 9.17) is 4.74 Å². The van der Waals surface area contributed by atoms with Crippen molar-refractivity contribution in [2.75, 3.05) is 0 Å². The fourth-order valence-electron chi connectivity index (χ4n) is 3.18. The molecule has 0 spiro atoms. The van der Waals surface area contributed by atoms with Gasteiger partial charge in [-0.2, -0.15) is 0 Å². The molecule has 0 aliphatic carbocycles. The second-order valence-corrected chi connectivity index (χ2v) is 7.64. The molecule has 186 valence electrons. The van der Waals surface area contributed by atoms with E-state index in [2.05, 4.69) is 0 Å². The lowest BCUT2D eigenvalue weighted by atomic mass is 10.0. The summed E-state index contributed by atoms with van der Waals surface area (Å²) >= 11 is 0. The number of carbonyl (C=O) groups excluding carboxylic acids is 1. The second-order valence-electron chi connectivity index (χ2n) is 7.64. The van der Waals surface area contributed by atoms with Crippen LogP contribution >= 0.6 is 0 Å². The average molecular weight is 494 g/mol. The Labute approximate surface area is 204 Å². The first-order chi connectivity index (χ1) is 17.0. The lowest BCUT2D eigenvalue weighted by Crippen LogP contribution is -2.28. The van der Waals surface area contributed by atoms with Crippen molar-refractivity contribution >= 4 is 30.2 Å². The second kappa shape index (κ2) is 10.9. The van der Waals surface area contributed by atoms with E-state index in [9.17, 15) is 45.3 Å². The maximum absolute atomic E-state index is 12.3. The number of carboxylic acids is 1. The number of esters is 1. The van der Waals surface area contributed by atoms with Gasteiger partial charge in [0.1, 0.15) is 0 Å². The van der Waals surface area contributed by atoms with Gasteiger partial charge < -0.3 is 40.5 Å². The number of carbonyl (C=O) groups is 2. The molecule has 0 unspecified atom stereocenters. The molecule has 0 aromatic heterocycles. The van der Waals surface area contributed by atoms with Gasteiger partial charge >= 0.3 is 11.9 Å². The lowest BCUT2D eigenvalue weighted by Gasteiger charge is -2.13. The van der Waals surface area contributed by atoms with Gasteiger partial charge in [-0.25, -0.2) is 9.59 Å². The van der Waals surface area contributed by atoms with Crippen molar-refractivity contribution < 1.29 is 50.1 Å². The Hall–Kier alpha value is -5.12. The van der Waals surface area contributed by atoms with E-state index < -0.39 is 35.3 Å². The smallest absolute Gasteiger partial charge is 0.345 e. The Morgan fingerprint density at radius 2 is 1.39 bits per heavy atom. The van der Waals surface area contributed by atoms with Crippen LogP contribution in [0.2, 0.25) is 0 Å². The third-order valence-electron chi connectivity index (χ3n) is 5.07. The summed E-state index contributed by atoms with van der Waals surface area (Å²) in [6, 6.07) is 10.4. The standard InChI is InChI=1S/C26H22O10/c27-18-7-2-14(11-21(18)30)1-6-17-16(4-9-20(29)25(17)33)5-10-24(32)36-23(26(34)35)13-15-3-8-19(28)22(31)12-15/h1-12,23,27-31,33H,13H2,(H,34,35)/b6-1-,10-5+/t23-/m1/s1. The molecule has 0 aliphatic rings. The maximum atomic E-state index is 12.3. The number of ether oxygens (including phenoxy) is 1. The quantitative estimate of drug-likeness (QED) is 0.106. The molecule has 0 bridgehead atoms. The van der Waals surface area contributed by atoms with E-state index in [-0.39, 0.29) is 34.8 Å². The normalized spacial score (nSPS) is 12.1. The predicted octanol–water partition coefficient (Wildman–Crippen LogP) is 3.34. The lowest BCUT2D eigenvalue weighted by molar-refractivity contribution is -0.160. The summed E-state index contributed by atoms with van der Waals surface area (Å²) in [7, 11) is 0. The van der Waals surface area contributed by atoms with Crippen molar-refractivity contribution in [1.29, 1.82) is 0 Å². The van der Waals surface area contributed by atoms with Crippen LogP contribution in [0, 0.1) is 0 Å². The summed E-state index contributed by atoms with van der Waals surface area (Å²) < 4.78 is 5.00. The molecule has 3 aromatic rings. The number of phenolic OH excluding ortho intramolecular Hbond substituents is 6. The largest absolute Gasteiger partial charge is 0.504 e. The van der Waals surface area contributed by atoms with Gasteiger partial charge in [0.25, 0.3) is 0 Å². The first kappa shape index (κ1) is 25.5. The van der Waals surface area contributed by atoms with Gasteiger partial charge in [0, 0.05) is 18.1 Å². The van der Waals surface area contributed by atoms with Crippen LogP contribution in [0.5, 0.6) is 34.5 Å². The van der Waals surface area contributed by atoms with E-state index in [0.717, 1.165) is 12.1 Å². The summed E-state index contributed by atoms with van der Waals surface area (Å²) in [5.41, 5.74) is 1.16. The number of aliphatic carboxylic acids is 1. The molecule has 3 aromatic carbocycles. The van der Waals surface area contributed by atoms with Crippen LogP contribution in [0.15, 0.2) is 54.6 Å². The highest BCUT2D eigenvalue weighted by Gasteiger charge is 2.22. The number of rotatable bonds is 8. The maximum Gasteiger partial charge on any atom is 0.345 e. The van der Waals surface area contributed by atoms with Crippen LogP contribution in [-0.2, 0) is 20.7 Å². The Morgan fingerprint density at radius 1 is 0.750 bits per heavy atom. The number of hydrogen-bond acceptors (Lipinski definition) is 9. The van der Waals surface area contributed by atoms with Crippen molar-refractivity contribution in [2.24, 2.45) is 0 Å². The highest BCUT2D eigenvalue weighted by Crippen LogP contribution is 2.34. The fraction of sp³-hybridized carbons (Fsp3) is 0.0769. The monoisotopic (exact) mass is 494 g/mol. The molecule has 10 nitrogen and oxygen atoms in total. The van der Waals surface area contributed by atoms with Crippen LogP contribution < -0.4 is 0 Å². The molecule has 7 N–H and O–H groups in total. The van der Waals surface area contributed by atoms with Crippen LogP contribution in [0.25, 0.3) is 18.2 Å². The summed E-state index contributed by atoms with van der Waals surface area (Å²) in [6.07, 6.45) is 3.23. The number of benzene rings is 3. The molecule has 0 saturated heterocycles. The molecular formula is C26H22O10. The number of phenols is 6. The van der Waals surface area contributed by atoms with Gasteiger partial charge in [-0.15, -0.1) is 0 Å². The van der Waals surface area contributed by atoms with Crippen LogP contribution in [0.3, 0.4) is 0 Å². The molecule has 0 fully saturated rings. The average Bonchev–Trinajstić information content (AvgIpc) is 2.83. The van der Waals surface area contributed by atoms with Crippen molar-refractivity contribution in [1.82, 2.24) is 0 Å². The van der Waals surface area contributed by atoms with Crippen LogP contribution in [0.4, 0.5) is 0 Å². The highest BCUT2D eigenvalue weighted by atomic mass is 16.6.